The predicted octanol–water partition coefficient (Wildman–Crippen LogP) is 2.36. The van der Waals surface area contributed by atoms with Crippen molar-refractivity contribution in [2.45, 2.75) is 17.7 Å². The smallest absolute Gasteiger partial charge is 0.194 e. The van der Waals surface area contributed by atoms with Gasteiger partial charge in [-0.1, -0.05) is 30.0 Å². The second kappa shape index (κ2) is 4.01. The Balaban J connectivity index is 0.000000720. The van der Waals surface area contributed by atoms with Crippen LogP contribution in [0, 0.1) is 0 Å². The number of fused-ring (bicyclic) bond motifs is 1. The number of thioether (sulfide) groups is 1. The average Bonchev–Trinajstić information content (AvgIpc) is 2.04. The predicted molar refractivity (Wildman–Crippen MR) is 56.0 cm³/mol. The van der Waals surface area contributed by atoms with Gasteiger partial charge in [-0.3, -0.25) is 4.79 Å². The van der Waals surface area contributed by atoms with E-state index in [1.54, 1.807) is 0 Å². The highest BCUT2D eigenvalue weighted by atomic mass is 32.2. The zero-order chi connectivity index (χ0) is 7.68. The molecule has 1 heterocycles. The summed E-state index contributed by atoms with van der Waals surface area (Å²) in [4.78, 5) is 12.1. The van der Waals surface area contributed by atoms with Gasteiger partial charge in [-0.25, -0.2) is 0 Å². The van der Waals surface area contributed by atoms with E-state index in [4.69, 9.17) is 0 Å². The van der Waals surface area contributed by atoms with Crippen molar-refractivity contribution in [1.82, 2.24) is 0 Å². The third-order valence-electron chi connectivity index (χ3n) is 1.79. The quantitative estimate of drug-likeness (QED) is 0.636. The lowest BCUT2D eigenvalue weighted by Crippen LogP contribution is -2.02. The molecule has 1 aromatic carbocycles. The second-order valence-corrected chi connectivity index (χ2v) is 3.68. The number of hydrogen-bond acceptors (Lipinski definition) is 2. The van der Waals surface area contributed by atoms with Gasteiger partial charge in [-0.05, 0) is 18.1 Å². The normalized spacial score (nSPS) is 14.8. The molecule has 1 aromatic rings. The molecule has 0 saturated heterocycles. The van der Waals surface area contributed by atoms with Crippen LogP contribution in [0.3, 0.4) is 0 Å². The largest absolute Gasteiger partial charge is 0.287 e. The molecule has 1 nitrogen and oxygen atoms in total. The van der Waals surface area contributed by atoms with E-state index in [1.165, 1.54) is 17.3 Å². The first-order valence-electron chi connectivity index (χ1n) is 3.65. The minimum atomic E-state index is 0. The Morgan fingerprint density at radius 1 is 1.17 bits per heavy atom. The molecule has 0 atom stereocenters. The molecule has 0 aromatic heterocycles. The summed E-state index contributed by atoms with van der Waals surface area (Å²) in [6.07, 6.45) is 1.61. The second-order valence-electron chi connectivity index (χ2n) is 2.58. The molecular formula is C9H10OS2. The van der Waals surface area contributed by atoms with Crippen molar-refractivity contribution < 1.29 is 4.79 Å². The molecular weight excluding hydrogens is 188 g/mol. The number of benzene rings is 1. The van der Waals surface area contributed by atoms with Gasteiger partial charge in [0, 0.05) is 11.3 Å². The molecule has 64 valence electrons. The average molecular weight is 198 g/mol. The summed E-state index contributed by atoms with van der Waals surface area (Å²) in [6.45, 7) is 0. The minimum absolute atomic E-state index is 0. The summed E-state index contributed by atoms with van der Waals surface area (Å²) in [5, 5.41) is 0.295. The van der Waals surface area contributed by atoms with Gasteiger partial charge in [0.2, 0.25) is 0 Å². The maximum Gasteiger partial charge on any atom is 0.194 e. The zero-order valence-corrected chi connectivity index (χ0v) is 8.36. The van der Waals surface area contributed by atoms with E-state index in [0.717, 1.165) is 11.3 Å². The lowest BCUT2D eigenvalue weighted by atomic mass is 10.1. The molecule has 3 heteroatoms. The van der Waals surface area contributed by atoms with Crippen LogP contribution < -0.4 is 0 Å². The first kappa shape index (κ1) is 9.68. The molecule has 0 spiro atoms. The van der Waals surface area contributed by atoms with Gasteiger partial charge in [0.15, 0.2) is 5.12 Å². The highest BCUT2D eigenvalue weighted by molar-refractivity contribution is 8.13. The van der Waals surface area contributed by atoms with Crippen LogP contribution in [0.4, 0.5) is 0 Å². The molecule has 0 bridgehead atoms. The first-order valence-corrected chi connectivity index (χ1v) is 4.46. The number of rotatable bonds is 0. The minimum Gasteiger partial charge on any atom is -0.287 e. The van der Waals surface area contributed by atoms with Crippen LogP contribution in [0.25, 0.3) is 0 Å². The maximum atomic E-state index is 11.0. The highest BCUT2D eigenvalue weighted by Gasteiger charge is 2.14. The molecule has 1 aliphatic rings. The van der Waals surface area contributed by atoms with Crippen LogP contribution in [0.5, 0.6) is 0 Å². The van der Waals surface area contributed by atoms with Gasteiger partial charge in [0.05, 0.1) is 0 Å². The van der Waals surface area contributed by atoms with Crippen LogP contribution in [0.15, 0.2) is 29.2 Å². The van der Waals surface area contributed by atoms with Crippen molar-refractivity contribution in [3.8, 4) is 0 Å². The molecule has 0 saturated carbocycles. The Bertz CT molecular complexity index is 296. The summed E-state index contributed by atoms with van der Waals surface area (Å²) in [7, 11) is 0. The van der Waals surface area contributed by atoms with Crippen molar-refractivity contribution in [2.75, 3.05) is 0 Å². The third kappa shape index (κ3) is 1.84. The summed E-state index contributed by atoms with van der Waals surface area (Å²) in [5.74, 6) is 0. The van der Waals surface area contributed by atoms with Crippen molar-refractivity contribution in [3.05, 3.63) is 29.8 Å². The SMILES string of the molecule is O=C1CCc2ccccc2S1.S. The number of carbonyl (C=O) groups excluding carboxylic acids is 1. The Morgan fingerprint density at radius 2 is 1.92 bits per heavy atom. The Hall–Kier alpha value is -0.410. The zero-order valence-electron chi connectivity index (χ0n) is 6.54. The molecule has 2 rings (SSSR count). The standard InChI is InChI=1S/C9H8OS.H2S/c10-9-6-5-7-3-1-2-4-8(7)11-9;/h1-4H,5-6H2;1H2. The van der Waals surface area contributed by atoms with Crippen LogP contribution >= 0.6 is 25.3 Å². The van der Waals surface area contributed by atoms with Crippen LogP contribution in [0.1, 0.15) is 12.0 Å². The van der Waals surface area contributed by atoms with Crippen molar-refractivity contribution in [1.29, 1.82) is 0 Å². The molecule has 0 fully saturated rings. The number of hydrogen-bond donors (Lipinski definition) is 0. The fourth-order valence-corrected chi connectivity index (χ4v) is 2.12. The van der Waals surface area contributed by atoms with E-state index in [1.807, 2.05) is 18.2 Å². The van der Waals surface area contributed by atoms with E-state index in [2.05, 4.69) is 6.07 Å². The van der Waals surface area contributed by atoms with Crippen LogP contribution in [-0.2, 0) is 11.2 Å². The fraction of sp³-hybridized carbons (Fsp3) is 0.222. The molecule has 1 aliphatic heterocycles. The van der Waals surface area contributed by atoms with E-state index in [-0.39, 0.29) is 13.5 Å². The van der Waals surface area contributed by atoms with Gasteiger partial charge in [0.25, 0.3) is 0 Å². The van der Waals surface area contributed by atoms with Crippen molar-refractivity contribution >= 4 is 30.4 Å². The van der Waals surface area contributed by atoms with E-state index in [9.17, 15) is 4.79 Å². The highest BCUT2D eigenvalue weighted by Crippen LogP contribution is 2.30. The lowest BCUT2D eigenvalue weighted by Gasteiger charge is -2.12. The molecule has 0 N–H and O–H groups in total. The molecule has 12 heavy (non-hydrogen) atoms. The van der Waals surface area contributed by atoms with Gasteiger partial charge in [-0.2, -0.15) is 13.5 Å². The lowest BCUT2D eigenvalue weighted by molar-refractivity contribution is -0.111. The summed E-state index contributed by atoms with van der Waals surface area (Å²) >= 11 is 1.37. The molecule has 0 amide bonds. The fourth-order valence-electron chi connectivity index (χ4n) is 1.22. The van der Waals surface area contributed by atoms with Crippen molar-refractivity contribution in [3.63, 3.8) is 0 Å². The maximum absolute atomic E-state index is 11.0. The molecule has 0 aliphatic carbocycles. The summed E-state index contributed by atoms with van der Waals surface area (Å²) in [6, 6.07) is 8.10. The van der Waals surface area contributed by atoms with Gasteiger partial charge in [-0.15, -0.1) is 0 Å². The number of aryl methyl sites for hydroxylation is 1. The summed E-state index contributed by atoms with van der Waals surface area (Å²) in [5.41, 5.74) is 1.32. The van der Waals surface area contributed by atoms with E-state index >= 15 is 0 Å². The van der Waals surface area contributed by atoms with Crippen LogP contribution in [-0.4, -0.2) is 5.12 Å². The number of carbonyl (C=O) groups is 1. The van der Waals surface area contributed by atoms with Gasteiger partial charge < -0.3 is 0 Å². The monoisotopic (exact) mass is 198 g/mol. The Morgan fingerprint density at radius 3 is 2.75 bits per heavy atom. The van der Waals surface area contributed by atoms with Gasteiger partial charge >= 0.3 is 0 Å². The van der Waals surface area contributed by atoms with E-state index < -0.39 is 0 Å². The van der Waals surface area contributed by atoms with Gasteiger partial charge in [0.1, 0.15) is 0 Å². The topological polar surface area (TPSA) is 17.1 Å². The Labute approximate surface area is 83.0 Å². The van der Waals surface area contributed by atoms with Crippen LogP contribution in [0.2, 0.25) is 0 Å². The van der Waals surface area contributed by atoms with E-state index in [0.29, 0.717) is 11.5 Å². The third-order valence-corrected chi connectivity index (χ3v) is 2.84. The molecule has 0 radical (unpaired) electrons. The Kier molecular flexibility index (Phi) is 3.23. The molecule has 0 unspecified atom stereocenters. The van der Waals surface area contributed by atoms with Crippen molar-refractivity contribution in [2.24, 2.45) is 0 Å². The summed E-state index contributed by atoms with van der Waals surface area (Å²) < 4.78 is 0. The first-order chi connectivity index (χ1) is 5.36.